The molecule has 1 fully saturated rings. The van der Waals surface area contributed by atoms with Gasteiger partial charge in [-0.2, -0.15) is 0 Å². The first-order valence-electron chi connectivity index (χ1n) is 9.57. The number of aliphatic imine (C=N–C) groups is 1. The molecule has 1 aliphatic heterocycles. The number of nitrogens with one attached hydrogen (secondary N) is 2. The summed E-state index contributed by atoms with van der Waals surface area (Å²) in [6.45, 7) is 7.46. The lowest BCUT2D eigenvalue weighted by molar-refractivity contribution is 0.0386. The van der Waals surface area contributed by atoms with Crippen LogP contribution in [0.4, 0.5) is 5.82 Å². The van der Waals surface area contributed by atoms with E-state index in [0.717, 1.165) is 31.0 Å². The van der Waals surface area contributed by atoms with E-state index in [1.165, 1.54) is 12.8 Å². The van der Waals surface area contributed by atoms with Gasteiger partial charge in [-0.1, -0.05) is 0 Å². The second-order valence-electron chi connectivity index (χ2n) is 7.02. The predicted octanol–water partition coefficient (Wildman–Crippen LogP) is 2.86. The van der Waals surface area contributed by atoms with Crippen LogP contribution in [0.25, 0.3) is 0 Å². The van der Waals surface area contributed by atoms with Gasteiger partial charge in [-0.25, -0.2) is 9.98 Å². The molecule has 3 N–H and O–H groups in total. The number of halogens is 1. The zero-order valence-electron chi connectivity index (χ0n) is 16.5. The van der Waals surface area contributed by atoms with Crippen molar-refractivity contribution >= 4 is 35.8 Å². The highest BCUT2D eigenvalue weighted by Gasteiger charge is 2.26. The molecular weight excluding hydrogens is 469 g/mol. The summed E-state index contributed by atoms with van der Waals surface area (Å²) in [4.78, 5) is 11.4. The highest BCUT2D eigenvalue weighted by molar-refractivity contribution is 14.0. The molecule has 0 radical (unpaired) electrons. The van der Waals surface area contributed by atoms with Crippen molar-refractivity contribution in [1.29, 1.82) is 0 Å². The summed E-state index contributed by atoms with van der Waals surface area (Å²) >= 11 is 0. The number of hydrogen-bond donors (Lipinski definition) is 3. The van der Waals surface area contributed by atoms with Crippen LogP contribution >= 0.6 is 24.0 Å². The minimum atomic E-state index is -1.11. The van der Waals surface area contributed by atoms with Crippen LogP contribution in [-0.2, 0) is 12.1 Å². The summed E-state index contributed by atoms with van der Waals surface area (Å²) in [6, 6.07) is 7.64. The Morgan fingerprint density at radius 1 is 1.32 bits per heavy atom. The quantitative estimate of drug-likeness (QED) is 0.309. The zero-order valence-corrected chi connectivity index (χ0v) is 18.8. The van der Waals surface area contributed by atoms with Gasteiger partial charge in [-0.3, -0.25) is 0 Å². The van der Waals surface area contributed by atoms with Crippen LogP contribution in [0.5, 0.6) is 0 Å². The Labute approximate surface area is 183 Å². The van der Waals surface area contributed by atoms with E-state index in [1.807, 2.05) is 19.2 Å². The number of anilines is 1. The third-order valence-electron chi connectivity index (χ3n) is 4.66. The van der Waals surface area contributed by atoms with Crippen molar-refractivity contribution in [2.75, 3.05) is 31.1 Å². The average Bonchev–Trinajstić information content (AvgIpc) is 3.38. The SMILES string of the molecule is CCNC(=NCc1ccnc(N2CCCC2)c1)NCC(C)(O)c1ccco1.I. The van der Waals surface area contributed by atoms with Crippen LogP contribution in [0.1, 0.15) is 38.0 Å². The summed E-state index contributed by atoms with van der Waals surface area (Å²) < 4.78 is 5.32. The maximum Gasteiger partial charge on any atom is 0.191 e. The normalized spacial score (nSPS) is 16.4. The molecule has 1 unspecified atom stereocenters. The summed E-state index contributed by atoms with van der Waals surface area (Å²) in [6.07, 6.45) is 5.87. The molecule has 2 aromatic heterocycles. The van der Waals surface area contributed by atoms with Crippen molar-refractivity contribution in [2.45, 2.75) is 38.8 Å². The van der Waals surface area contributed by atoms with E-state index < -0.39 is 5.60 Å². The first-order chi connectivity index (χ1) is 13.1. The molecule has 1 aliphatic rings. The van der Waals surface area contributed by atoms with E-state index in [-0.39, 0.29) is 24.0 Å². The number of rotatable bonds is 7. The van der Waals surface area contributed by atoms with Crippen LogP contribution < -0.4 is 15.5 Å². The molecule has 1 saturated heterocycles. The molecule has 154 valence electrons. The highest BCUT2D eigenvalue weighted by Crippen LogP contribution is 2.20. The van der Waals surface area contributed by atoms with Gasteiger partial charge in [0.25, 0.3) is 0 Å². The number of hydrogen-bond acceptors (Lipinski definition) is 5. The third-order valence-corrected chi connectivity index (χ3v) is 4.66. The van der Waals surface area contributed by atoms with Gasteiger partial charge in [0.15, 0.2) is 5.96 Å². The molecule has 7 nitrogen and oxygen atoms in total. The van der Waals surface area contributed by atoms with Crippen LogP contribution in [0, 0.1) is 0 Å². The first-order valence-corrected chi connectivity index (χ1v) is 9.57. The van der Waals surface area contributed by atoms with Crippen molar-refractivity contribution < 1.29 is 9.52 Å². The second-order valence-corrected chi connectivity index (χ2v) is 7.02. The third kappa shape index (κ3) is 6.10. The standard InChI is InChI=1S/C20H29N5O2.HI/c1-3-21-19(24-15-20(2,26)17-7-6-12-27-17)23-14-16-8-9-22-18(13-16)25-10-4-5-11-25;/h6-9,12-13,26H,3-5,10-11,14-15H2,1-2H3,(H2,21,23,24);1H. The molecule has 1 atom stereocenters. The largest absolute Gasteiger partial charge is 0.466 e. The maximum absolute atomic E-state index is 10.6. The zero-order chi connectivity index (χ0) is 19.1. The van der Waals surface area contributed by atoms with Crippen molar-refractivity contribution in [1.82, 2.24) is 15.6 Å². The van der Waals surface area contributed by atoms with Gasteiger partial charge in [0.05, 0.1) is 19.4 Å². The molecule has 0 spiro atoms. The Hall–Kier alpha value is -1.81. The van der Waals surface area contributed by atoms with E-state index in [2.05, 4.69) is 31.6 Å². The molecular formula is C20H30IN5O2. The molecule has 8 heteroatoms. The van der Waals surface area contributed by atoms with E-state index in [9.17, 15) is 5.11 Å². The van der Waals surface area contributed by atoms with E-state index in [0.29, 0.717) is 24.8 Å². The molecule has 0 amide bonds. The fraction of sp³-hybridized carbons (Fsp3) is 0.500. The van der Waals surface area contributed by atoms with E-state index >= 15 is 0 Å². The molecule has 0 aliphatic carbocycles. The number of guanidine groups is 1. The number of aromatic nitrogens is 1. The summed E-state index contributed by atoms with van der Waals surface area (Å²) in [5, 5.41) is 17.0. The molecule has 0 saturated carbocycles. The van der Waals surface area contributed by atoms with Crippen molar-refractivity contribution in [3.63, 3.8) is 0 Å². The van der Waals surface area contributed by atoms with Gasteiger partial charge in [0, 0.05) is 25.8 Å². The maximum atomic E-state index is 10.6. The topological polar surface area (TPSA) is 85.9 Å². The fourth-order valence-corrected chi connectivity index (χ4v) is 3.12. The van der Waals surface area contributed by atoms with Crippen LogP contribution in [0.3, 0.4) is 0 Å². The number of furan rings is 1. The smallest absolute Gasteiger partial charge is 0.191 e. The first kappa shape index (κ1) is 22.5. The van der Waals surface area contributed by atoms with Gasteiger partial charge < -0.3 is 25.1 Å². The minimum absolute atomic E-state index is 0. The van der Waals surface area contributed by atoms with Gasteiger partial charge in [0.2, 0.25) is 0 Å². The Balaban J connectivity index is 0.00000280. The lowest BCUT2D eigenvalue weighted by atomic mass is 10.0. The molecule has 3 heterocycles. The van der Waals surface area contributed by atoms with Gasteiger partial charge >= 0.3 is 0 Å². The number of pyridine rings is 1. The van der Waals surface area contributed by atoms with Crippen LogP contribution in [0.15, 0.2) is 46.1 Å². The summed E-state index contributed by atoms with van der Waals surface area (Å²) in [5.41, 5.74) is 0.00104. The number of nitrogens with zero attached hydrogens (tertiary/aromatic N) is 3. The van der Waals surface area contributed by atoms with E-state index in [1.54, 1.807) is 25.3 Å². The second kappa shape index (κ2) is 10.7. The lowest BCUT2D eigenvalue weighted by Crippen LogP contribution is -2.44. The van der Waals surface area contributed by atoms with Gasteiger partial charge in [-0.15, -0.1) is 24.0 Å². The highest BCUT2D eigenvalue weighted by atomic mass is 127. The van der Waals surface area contributed by atoms with Crippen LogP contribution in [-0.4, -0.2) is 42.2 Å². The Kier molecular flexibility index (Phi) is 8.56. The summed E-state index contributed by atoms with van der Waals surface area (Å²) in [7, 11) is 0. The van der Waals surface area contributed by atoms with Crippen LogP contribution in [0.2, 0.25) is 0 Å². The van der Waals surface area contributed by atoms with Gasteiger partial charge in [-0.05, 0) is 56.5 Å². The Morgan fingerprint density at radius 2 is 2.11 bits per heavy atom. The van der Waals surface area contributed by atoms with Gasteiger partial charge in [0.1, 0.15) is 17.2 Å². The molecule has 2 aromatic rings. The lowest BCUT2D eigenvalue weighted by Gasteiger charge is -2.22. The van der Waals surface area contributed by atoms with Crippen molar-refractivity contribution in [3.05, 3.63) is 48.0 Å². The fourth-order valence-electron chi connectivity index (χ4n) is 3.12. The Bertz CT molecular complexity index is 743. The predicted molar refractivity (Wildman–Crippen MR) is 122 cm³/mol. The molecule has 3 rings (SSSR count). The average molecular weight is 499 g/mol. The Morgan fingerprint density at radius 3 is 2.79 bits per heavy atom. The monoisotopic (exact) mass is 499 g/mol. The van der Waals surface area contributed by atoms with E-state index in [4.69, 9.17) is 4.42 Å². The molecule has 0 aromatic carbocycles. The molecule has 28 heavy (non-hydrogen) atoms. The molecule has 0 bridgehead atoms. The van der Waals surface area contributed by atoms with Crippen molar-refractivity contribution in [3.8, 4) is 0 Å². The number of aliphatic hydroxyl groups is 1. The minimum Gasteiger partial charge on any atom is -0.466 e. The summed E-state index contributed by atoms with van der Waals surface area (Å²) in [5.74, 6) is 2.21. The van der Waals surface area contributed by atoms with Crippen molar-refractivity contribution in [2.24, 2.45) is 4.99 Å².